The van der Waals surface area contributed by atoms with Crippen molar-refractivity contribution in [2.45, 2.75) is 59.3 Å². The van der Waals surface area contributed by atoms with E-state index in [1.165, 1.54) is 0 Å². The molecule has 6 nitrogen and oxygen atoms in total. The molecule has 3 aliphatic rings. The number of allylic oxidation sites excluding steroid dienone is 4. The summed E-state index contributed by atoms with van der Waals surface area (Å²) in [5, 5.41) is 7.22. The standard InChI is InChI=1S/C31H31Cl3N2O4/c1-30(2)11-21-28(23(37)13-30)27(29-22(36-21)12-31(3,4)14-24(29)38)16-5-8-25(20(34)9-16)40-15-26(39)35-17-6-7-18(32)19(33)10-17/h5-10,27,36H,11-15H2,1-4H3,(H,35,39). The largest absolute Gasteiger partial charge is 0.482 e. The van der Waals surface area contributed by atoms with Crippen LogP contribution in [0.4, 0.5) is 5.69 Å². The molecular formula is C31H31Cl3N2O4. The molecule has 40 heavy (non-hydrogen) atoms. The summed E-state index contributed by atoms with van der Waals surface area (Å²) in [5.41, 5.74) is 3.98. The van der Waals surface area contributed by atoms with Crippen LogP contribution in [0.1, 0.15) is 64.9 Å². The second-order valence-electron chi connectivity index (χ2n) is 12.4. The lowest BCUT2D eigenvalue weighted by molar-refractivity contribution is -0.119. The normalized spacial score (nSPS) is 20.1. The number of rotatable bonds is 5. The maximum Gasteiger partial charge on any atom is 0.262 e. The smallest absolute Gasteiger partial charge is 0.262 e. The van der Waals surface area contributed by atoms with Gasteiger partial charge in [0.2, 0.25) is 0 Å². The van der Waals surface area contributed by atoms with E-state index in [1.54, 1.807) is 30.3 Å². The fourth-order valence-corrected chi connectivity index (χ4v) is 6.49. The van der Waals surface area contributed by atoms with Gasteiger partial charge < -0.3 is 15.4 Å². The average molecular weight is 602 g/mol. The highest BCUT2D eigenvalue weighted by Gasteiger charge is 2.46. The van der Waals surface area contributed by atoms with Gasteiger partial charge in [0.05, 0.1) is 15.1 Å². The SMILES string of the molecule is CC1(C)CC(=O)C2=C(C1)NC1=C(C(=O)CC(C)(C)C1)C2c1ccc(OCC(=O)Nc2ccc(Cl)c(Cl)c2)c(Cl)c1. The van der Waals surface area contributed by atoms with Gasteiger partial charge in [-0.25, -0.2) is 0 Å². The van der Waals surface area contributed by atoms with Crippen LogP contribution in [-0.2, 0) is 14.4 Å². The Labute approximate surface area is 249 Å². The van der Waals surface area contributed by atoms with Gasteiger partial charge >= 0.3 is 0 Å². The highest BCUT2D eigenvalue weighted by molar-refractivity contribution is 6.42. The Balaban J connectivity index is 1.42. The number of anilines is 1. The number of hydrogen-bond acceptors (Lipinski definition) is 5. The van der Waals surface area contributed by atoms with Crippen molar-refractivity contribution in [1.29, 1.82) is 0 Å². The molecule has 0 fully saturated rings. The summed E-state index contributed by atoms with van der Waals surface area (Å²) in [4.78, 5) is 39.5. The molecule has 2 aromatic carbocycles. The minimum Gasteiger partial charge on any atom is -0.482 e. The van der Waals surface area contributed by atoms with Crippen LogP contribution in [0, 0.1) is 10.8 Å². The molecule has 0 aromatic heterocycles. The van der Waals surface area contributed by atoms with Crippen LogP contribution in [-0.4, -0.2) is 24.1 Å². The van der Waals surface area contributed by atoms with Crippen molar-refractivity contribution in [3.8, 4) is 5.75 Å². The lowest BCUT2D eigenvalue weighted by Gasteiger charge is -2.44. The molecule has 210 valence electrons. The Hall–Kier alpha value is -2.80. The molecule has 2 aliphatic carbocycles. The second-order valence-corrected chi connectivity index (χ2v) is 13.6. The van der Waals surface area contributed by atoms with Crippen molar-refractivity contribution >= 4 is 58.0 Å². The zero-order valence-corrected chi connectivity index (χ0v) is 25.1. The number of nitrogens with one attached hydrogen (secondary N) is 2. The van der Waals surface area contributed by atoms with E-state index in [9.17, 15) is 14.4 Å². The fourth-order valence-electron chi connectivity index (χ4n) is 5.95. The Kier molecular flexibility index (Phi) is 7.58. The van der Waals surface area contributed by atoms with E-state index in [0.717, 1.165) is 29.8 Å². The van der Waals surface area contributed by atoms with E-state index >= 15 is 0 Å². The Morgan fingerprint density at radius 3 is 2.00 bits per heavy atom. The van der Waals surface area contributed by atoms with Gasteiger partial charge in [0.25, 0.3) is 5.91 Å². The molecule has 0 saturated carbocycles. The van der Waals surface area contributed by atoms with Gasteiger partial charge in [0.15, 0.2) is 18.2 Å². The van der Waals surface area contributed by atoms with Crippen LogP contribution in [0.15, 0.2) is 58.9 Å². The number of ether oxygens (including phenoxy) is 1. The molecule has 1 aliphatic heterocycles. The summed E-state index contributed by atoms with van der Waals surface area (Å²) in [6, 6.07) is 10.0. The van der Waals surface area contributed by atoms with Crippen molar-refractivity contribution in [1.82, 2.24) is 5.32 Å². The predicted octanol–water partition coefficient (Wildman–Crippen LogP) is 7.64. The van der Waals surface area contributed by atoms with Crippen LogP contribution < -0.4 is 15.4 Å². The van der Waals surface area contributed by atoms with E-state index in [2.05, 4.69) is 38.3 Å². The maximum atomic E-state index is 13.5. The zero-order chi connectivity index (χ0) is 29.0. The van der Waals surface area contributed by atoms with E-state index in [0.29, 0.717) is 45.5 Å². The highest BCUT2D eigenvalue weighted by Crippen LogP contribution is 2.51. The molecular weight excluding hydrogens is 571 g/mol. The molecule has 2 N–H and O–H groups in total. The molecule has 0 saturated heterocycles. The Morgan fingerprint density at radius 2 is 1.45 bits per heavy atom. The van der Waals surface area contributed by atoms with Crippen LogP contribution in [0.5, 0.6) is 5.75 Å². The third-order valence-electron chi connectivity index (χ3n) is 7.57. The summed E-state index contributed by atoms with van der Waals surface area (Å²) in [7, 11) is 0. The first-order chi connectivity index (χ1) is 18.7. The number of ketones is 2. The van der Waals surface area contributed by atoms with Gasteiger partial charge in [-0.05, 0) is 59.6 Å². The summed E-state index contributed by atoms with van der Waals surface area (Å²) < 4.78 is 5.70. The van der Waals surface area contributed by atoms with E-state index < -0.39 is 11.8 Å². The third-order valence-corrected chi connectivity index (χ3v) is 8.60. The summed E-state index contributed by atoms with van der Waals surface area (Å²) in [6.07, 6.45) is 2.27. The maximum absolute atomic E-state index is 13.5. The first-order valence-corrected chi connectivity index (χ1v) is 14.3. The molecule has 0 spiro atoms. The lowest BCUT2D eigenvalue weighted by atomic mass is 9.64. The van der Waals surface area contributed by atoms with Crippen molar-refractivity contribution in [2.24, 2.45) is 10.8 Å². The van der Waals surface area contributed by atoms with E-state index in [-0.39, 0.29) is 34.0 Å². The molecule has 2 aromatic rings. The minimum atomic E-state index is -0.497. The number of hydrogen-bond donors (Lipinski definition) is 2. The van der Waals surface area contributed by atoms with Crippen molar-refractivity contribution in [3.63, 3.8) is 0 Å². The Morgan fingerprint density at radius 1 is 0.850 bits per heavy atom. The topological polar surface area (TPSA) is 84.5 Å². The van der Waals surface area contributed by atoms with Gasteiger partial charge in [-0.3, -0.25) is 14.4 Å². The summed E-state index contributed by atoms with van der Waals surface area (Å²) in [6.45, 7) is 8.08. The van der Waals surface area contributed by atoms with Gasteiger partial charge in [-0.15, -0.1) is 0 Å². The highest BCUT2D eigenvalue weighted by atomic mass is 35.5. The van der Waals surface area contributed by atoms with Crippen LogP contribution in [0.25, 0.3) is 0 Å². The molecule has 1 amide bonds. The van der Waals surface area contributed by atoms with Gasteiger partial charge in [0, 0.05) is 47.0 Å². The molecule has 0 radical (unpaired) electrons. The average Bonchev–Trinajstić information content (AvgIpc) is 2.82. The van der Waals surface area contributed by atoms with Crippen LogP contribution in [0.2, 0.25) is 15.1 Å². The summed E-state index contributed by atoms with van der Waals surface area (Å²) in [5.74, 6) is -0.485. The molecule has 9 heteroatoms. The molecule has 0 bridgehead atoms. The number of carbonyl (C=O) groups excluding carboxylic acids is 3. The van der Waals surface area contributed by atoms with Gasteiger partial charge in [-0.2, -0.15) is 0 Å². The number of amides is 1. The van der Waals surface area contributed by atoms with Gasteiger partial charge in [-0.1, -0.05) is 68.6 Å². The lowest BCUT2D eigenvalue weighted by Crippen LogP contribution is -2.42. The third kappa shape index (κ3) is 5.81. The first-order valence-electron chi connectivity index (χ1n) is 13.2. The van der Waals surface area contributed by atoms with Crippen LogP contribution in [0.3, 0.4) is 0 Å². The number of carbonyl (C=O) groups is 3. The molecule has 0 unspecified atom stereocenters. The van der Waals surface area contributed by atoms with Crippen molar-refractivity contribution < 1.29 is 19.1 Å². The van der Waals surface area contributed by atoms with Gasteiger partial charge in [0.1, 0.15) is 5.75 Å². The zero-order valence-electron chi connectivity index (χ0n) is 22.8. The number of benzene rings is 2. The van der Waals surface area contributed by atoms with Crippen LogP contribution >= 0.6 is 34.8 Å². The van der Waals surface area contributed by atoms with E-state index in [1.807, 2.05) is 6.07 Å². The molecule has 5 rings (SSSR count). The quantitative estimate of drug-likeness (QED) is 0.368. The molecule has 0 atom stereocenters. The summed E-state index contributed by atoms with van der Waals surface area (Å²) >= 11 is 18.6. The monoisotopic (exact) mass is 600 g/mol. The number of halogens is 3. The second kappa shape index (κ2) is 10.6. The number of dihydropyridines is 1. The van der Waals surface area contributed by atoms with Crippen molar-refractivity contribution in [3.05, 3.63) is 79.6 Å². The minimum absolute atomic E-state index is 0.0448. The van der Waals surface area contributed by atoms with Crippen molar-refractivity contribution in [2.75, 3.05) is 11.9 Å². The Bertz CT molecular complexity index is 1450. The fraction of sp³-hybridized carbons (Fsp3) is 0.387. The molecule has 1 heterocycles. The number of Topliss-reactive ketones (excluding diaryl/α,β-unsaturated/α-hetero) is 2. The van der Waals surface area contributed by atoms with E-state index in [4.69, 9.17) is 39.5 Å². The first kappa shape index (κ1) is 28.7. The predicted molar refractivity (Wildman–Crippen MR) is 158 cm³/mol.